The number of carbonyl (C=O) groups is 1. The van der Waals surface area contributed by atoms with Gasteiger partial charge in [-0.2, -0.15) is 0 Å². The monoisotopic (exact) mass is 297 g/mol. The Morgan fingerprint density at radius 3 is 2.41 bits per heavy atom. The molecule has 0 unspecified atom stereocenters. The second-order valence-electron chi connectivity index (χ2n) is 5.43. The number of carbonyl (C=O) groups excluding carboxylic acids is 1. The summed E-state index contributed by atoms with van der Waals surface area (Å²) in [7, 11) is 0. The summed E-state index contributed by atoms with van der Waals surface area (Å²) in [4.78, 5) is 12.5. The van der Waals surface area contributed by atoms with E-state index in [9.17, 15) is 4.79 Å². The van der Waals surface area contributed by atoms with Crippen molar-refractivity contribution in [2.45, 2.75) is 20.3 Å². The van der Waals surface area contributed by atoms with Gasteiger partial charge in [-0.15, -0.1) is 0 Å². The molecule has 114 valence electrons. The molecule has 0 spiro atoms. The summed E-state index contributed by atoms with van der Waals surface area (Å²) < 4.78 is 11.2. The van der Waals surface area contributed by atoms with E-state index in [1.54, 1.807) is 18.2 Å². The molecular weight excluding hydrogens is 278 g/mol. The van der Waals surface area contributed by atoms with Crippen molar-refractivity contribution in [3.8, 4) is 11.5 Å². The van der Waals surface area contributed by atoms with Gasteiger partial charge in [-0.05, 0) is 43.2 Å². The molecular formula is C18H19NO3. The van der Waals surface area contributed by atoms with E-state index in [1.165, 1.54) is 0 Å². The quantitative estimate of drug-likeness (QED) is 0.919. The number of fused-ring (bicyclic) bond motifs is 1. The number of hydrogen-bond donors (Lipinski definition) is 1. The molecule has 3 rings (SSSR count). The fourth-order valence-electron chi connectivity index (χ4n) is 2.50. The first-order valence-corrected chi connectivity index (χ1v) is 7.42. The van der Waals surface area contributed by atoms with Gasteiger partial charge in [-0.1, -0.05) is 18.2 Å². The van der Waals surface area contributed by atoms with Crippen molar-refractivity contribution in [2.24, 2.45) is 0 Å². The zero-order valence-corrected chi connectivity index (χ0v) is 12.8. The predicted octanol–water partition coefficient (Wildman–Crippen LogP) is 3.72. The Morgan fingerprint density at radius 2 is 1.68 bits per heavy atom. The van der Waals surface area contributed by atoms with Crippen molar-refractivity contribution in [1.29, 1.82) is 0 Å². The normalized spacial score (nSPS) is 13.4. The smallest absolute Gasteiger partial charge is 0.255 e. The highest BCUT2D eigenvalue weighted by Crippen LogP contribution is 2.31. The summed E-state index contributed by atoms with van der Waals surface area (Å²) in [6.45, 7) is 5.21. The first-order valence-electron chi connectivity index (χ1n) is 7.42. The van der Waals surface area contributed by atoms with Gasteiger partial charge >= 0.3 is 0 Å². The van der Waals surface area contributed by atoms with Crippen LogP contribution in [0.4, 0.5) is 5.69 Å². The third-order valence-electron chi connectivity index (χ3n) is 3.73. The number of para-hydroxylation sites is 1. The summed E-state index contributed by atoms with van der Waals surface area (Å²) in [6, 6.07) is 11.2. The van der Waals surface area contributed by atoms with Gasteiger partial charge in [0.25, 0.3) is 5.91 Å². The van der Waals surface area contributed by atoms with E-state index < -0.39 is 0 Å². The molecule has 4 heteroatoms. The molecule has 0 radical (unpaired) electrons. The molecule has 0 atom stereocenters. The fraction of sp³-hybridized carbons (Fsp3) is 0.278. The number of nitrogens with one attached hydrogen (secondary N) is 1. The highest BCUT2D eigenvalue weighted by molar-refractivity contribution is 6.05. The Balaban J connectivity index is 1.85. The van der Waals surface area contributed by atoms with Crippen molar-refractivity contribution >= 4 is 11.6 Å². The minimum Gasteiger partial charge on any atom is -0.490 e. The zero-order chi connectivity index (χ0) is 15.5. The lowest BCUT2D eigenvalue weighted by molar-refractivity contribution is 0.102. The third-order valence-corrected chi connectivity index (χ3v) is 3.73. The molecule has 0 fully saturated rings. The molecule has 4 nitrogen and oxygen atoms in total. The second kappa shape index (κ2) is 6.10. The lowest BCUT2D eigenvalue weighted by Crippen LogP contribution is -2.14. The Hall–Kier alpha value is -2.49. The van der Waals surface area contributed by atoms with Gasteiger partial charge in [0.05, 0.1) is 13.2 Å². The van der Waals surface area contributed by atoms with Crippen LogP contribution in [0.15, 0.2) is 36.4 Å². The maximum absolute atomic E-state index is 12.5. The summed E-state index contributed by atoms with van der Waals surface area (Å²) in [6.07, 6.45) is 0.846. The van der Waals surface area contributed by atoms with Crippen LogP contribution in [0.3, 0.4) is 0 Å². The molecule has 0 aromatic heterocycles. The van der Waals surface area contributed by atoms with Gasteiger partial charge in [0.2, 0.25) is 0 Å². The molecule has 0 saturated carbocycles. The van der Waals surface area contributed by atoms with Crippen LogP contribution in [0.2, 0.25) is 0 Å². The number of benzene rings is 2. The first-order chi connectivity index (χ1) is 10.6. The van der Waals surface area contributed by atoms with Crippen LogP contribution < -0.4 is 14.8 Å². The van der Waals surface area contributed by atoms with Gasteiger partial charge in [-0.25, -0.2) is 0 Å². The van der Waals surface area contributed by atoms with Crippen LogP contribution in [0.25, 0.3) is 0 Å². The largest absolute Gasteiger partial charge is 0.490 e. The van der Waals surface area contributed by atoms with Gasteiger partial charge in [0.15, 0.2) is 11.5 Å². The summed E-state index contributed by atoms with van der Waals surface area (Å²) in [5.41, 5.74) is 3.51. The Bertz CT molecular complexity index is 689. The van der Waals surface area contributed by atoms with Crippen LogP contribution in [0.5, 0.6) is 11.5 Å². The molecule has 1 aliphatic rings. The Kier molecular flexibility index (Phi) is 4.00. The maximum Gasteiger partial charge on any atom is 0.255 e. The van der Waals surface area contributed by atoms with Crippen LogP contribution in [0.1, 0.15) is 27.9 Å². The van der Waals surface area contributed by atoms with Crippen LogP contribution in [-0.4, -0.2) is 19.1 Å². The predicted molar refractivity (Wildman–Crippen MR) is 85.9 cm³/mol. The van der Waals surface area contributed by atoms with E-state index >= 15 is 0 Å². The van der Waals surface area contributed by atoms with Gasteiger partial charge in [-0.3, -0.25) is 4.79 Å². The average Bonchev–Trinajstić information content (AvgIpc) is 2.75. The first kappa shape index (κ1) is 14.4. The van der Waals surface area contributed by atoms with Crippen LogP contribution in [0, 0.1) is 13.8 Å². The number of hydrogen-bond acceptors (Lipinski definition) is 3. The van der Waals surface area contributed by atoms with Crippen molar-refractivity contribution in [3.05, 3.63) is 53.1 Å². The molecule has 2 aromatic carbocycles. The molecule has 1 N–H and O–H groups in total. The lowest BCUT2D eigenvalue weighted by Gasteiger charge is -2.13. The topological polar surface area (TPSA) is 47.6 Å². The molecule has 1 amide bonds. The van der Waals surface area contributed by atoms with Crippen molar-refractivity contribution in [3.63, 3.8) is 0 Å². The number of amides is 1. The second-order valence-corrected chi connectivity index (χ2v) is 5.43. The van der Waals surface area contributed by atoms with E-state index in [-0.39, 0.29) is 5.91 Å². The number of anilines is 1. The van der Waals surface area contributed by atoms with E-state index in [1.807, 2.05) is 32.0 Å². The molecule has 0 aliphatic carbocycles. The summed E-state index contributed by atoms with van der Waals surface area (Å²) in [5.74, 6) is 1.18. The highest BCUT2D eigenvalue weighted by Gasteiger charge is 2.15. The number of ether oxygens (including phenoxy) is 2. The molecule has 1 aliphatic heterocycles. The molecule has 2 aromatic rings. The Labute approximate surface area is 130 Å². The molecule has 0 saturated heterocycles. The summed E-state index contributed by atoms with van der Waals surface area (Å²) >= 11 is 0. The van der Waals surface area contributed by atoms with Gasteiger partial charge < -0.3 is 14.8 Å². The van der Waals surface area contributed by atoms with E-state index in [0.29, 0.717) is 30.3 Å². The third kappa shape index (κ3) is 2.91. The molecule has 22 heavy (non-hydrogen) atoms. The SMILES string of the molecule is Cc1cccc(C)c1NC(=O)c1ccc2c(c1)OCCCO2. The van der Waals surface area contributed by atoms with Gasteiger partial charge in [0.1, 0.15) is 0 Å². The van der Waals surface area contributed by atoms with Crippen molar-refractivity contribution < 1.29 is 14.3 Å². The number of aryl methyl sites for hydroxylation is 2. The van der Waals surface area contributed by atoms with E-state index in [0.717, 1.165) is 23.2 Å². The zero-order valence-electron chi connectivity index (χ0n) is 12.8. The lowest BCUT2D eigenvalue weighted by atomic mass is 10.1. The minimum atomic E-state index is -0.145. The average molecular weight is 297 g/mol. The fourth-order valence-corrected chi connectivity index (χ4v) is 2.50. The standard InChI is InChI=1S/C18H19NO3/c1-12-5-3-6-13(2)17(12)19-18(20)14-7-8-15-16(11-14)22-10-4-9-21-15/h3,5-8,11H,4,9-10H2,1-2H3,(H,19,20). The van der Waals surface area contributed by atoms with Crippen molar-refractivity contribution in [2.75, 3.05) is 18.5 Å². The number of rotatable bonds is 2. The highest BCUT2D eigenvalue weighted by atomic mass is 16.5. The van der Waals surface area contributed by atoms with Crippen molar-refractivity contribution in [1.82, 2.24) is 0 Å². The Morgan fingerprint density at radius 1 is 1.00 bits per heavy atom. The molecule has 0 bridgehead atoms. The van der Waals surface area contributed by atoms with E-state index in [4.69, 9.17) is 9.47 Å². The minimum absolute atomic E-state index is 0.145. The maximum atomic E-state index is 12.5. The summed E-state index contributed by atoms with van der Waals surface area (Å²) in [5, 5.41) is 2.98. The molecule has 1 heterocycles. The van der Waals surface area contributed by atoms with Gasteiger partial charge in [0, 0.05) is 17.7 Å². The van der Waals surface area contributed by atoms with E-state index in [2.05, 4.69) is 5.32 Å². The van der Waals surface area contributed by atoms with Crippen LogP contribution >= 0.6 is 0 Å². The van der Waals surface area contributed by atoms with Crippen LogP contribution in [-0.2, 0) is 0 Å².